The van der Waals surface area contributed by atoms with Crippen molar-refractivity contribution < 1.29 is 33.7 Å². The van der Waals surface area contributed by atoms with Gasteiger partial charge in [-0.1, -0.05) is 5.57 Å². The van der Waals surface area contributed by atoms with Crippen LogP contribution in [-0.4, -0.2) is 30.3 Å². The van der Waals surface area contributed by atoms with E-state index in [2.05, 4.69) is 0 Å². The van der Waals surface area contributed by atoms with Crippen molar-refractivity contribution in [2.45, 2.75) is 27.7 Å². The topological polar surface area (TPSA) is 99.1 Å². The molecular weight excluding hydrogens is 376 g/mol. The Labute approximate surface area is 167 Å². The molecule has 0 unspecified atom stereocenters. The van der Waals surface area contributed by atoms with Crippen molar-refractivity contribution in [3.8, 4) is 28.7 Å². The van der Waals surface area contributed by atoms with E-state index in [4.69, 9.17) is 14.2 Å². The molecule has 1 aliphatic rings. The van der Waals surface area contributed by atoms with Gasteiger partial charge < -0.3 is 19.3 Å². The first-order valence-electron chi connectivity index (χ1n) is 8.82. The standard InChI is InChI=1S/C22H20O7/c1-10(2)6-15(25)19-12(4)20-17(8-16(19)27-5)28-21-13(9-23)14(24)7-11(3)18(21)22(26)29-20/h6-9,24H,1-5H3. The number of phenols is 1. The number of aldehydes is 1. The highest BCUT2D eigenvalue weighted by molar-refractivity contribution is 6.09. The fourth-order valence-electron chi connectivity index (χ4n) is 3.26. The first-order valence-corrected chi connectivity index (χ1v) is 8.82. The van der Waals surface area contributed by atoms with E-state index in [1.165, 1.54) is 25.3 Å². The van der Waals surface area contributed by atoms with Gasteiger partial charge in [0.25, 0.3) is 0 Å². The minimum Gasteiger partial charge on any atom is -0.507 e. The second-order valence-electron chi connectivity index (χ2n) is 6.93. The van der Waals surface area contributed by atoms with Crippen LogP contribution in [0.4, 0.5) is 0 Å². The molecule has 1 heterocycles. The number of aromatic hydroxyl groups is 1. The Balaban J connectivity index is 2.30. The van der Waals surface area contributed by atoms with Crippen LogP contribution in [0.5, 0.6) is 28.7 Å². The minimum atomic E-state index is -0.756. The van der Waals surface area contributed by atoms with Gasteiger partial charge in [0.1, 0.15) is 17.1 Å². The molecule has 0 amide bonds. The number of carbonyl (C=O) groups is 3. The van der Waals surface area contributed by atoms with Crippen molar-refractivity contribution in [2.24, 2.45) is 0 Å². The maximum absolute atomic E-state index is 12.8. The van der Waals surface area contributed by atoms with Gasteiger partial charge >= 0.3 is 5.97 Å². The van der Waals surface area contributed by atoms with Gasteiger partial charge in [-0.25, -0.2) is 4.79 Å². The molecule has 0 fully saturated rings. The lowest BCUT2D eigenvalue weighted by Gasteiger charge is -2.16. The summed E-state index contributed by atoms with van der Waals surface area (Å²) >= 11 is 0. The monoisotopic (exact) mass is 396 g/mol. The third kappa shape index (κ3) is 3.35. The molecular formula is C22H20O7. The predicted octanol–water partition coefficient (Wildman–Crippen LogP) is 4.30. The van der Waals surface area contributed by atoms with Crippen LogP contribution < -0.4 is 14.2 Å². The molecule has 29 heavy (non-hydrogen) atoms. The first-order chi connectivity index (χ1) is 13.7. The van der Waals surface area contributed by atoms with E-state index in [-0.39, 0.29) is 51.2 Å². The van der Waals surface area contributed by atoms with Crippen LogP contribution in [0.25, 0.3) is 0 Å². The van der Waals surface area contributed by atoms with Crippen LogP contribution >= 0.6 is 0 Å². The Hall–Kier alpha value is -3.61. The van der Waals surface area contributed by atoms with E-state index >= 15 is 0 Å². The number of esters is 1. The summed E-state index contributed by atoms with van der Waals surface area (Å²) in [4.78, 5) is 37.0. The minimum absolute atomic E-state index is 0.0247. The van der Waals surface area contributed by atoms with E-state index in [9.17, 15) is 19.5 Å². The van der Waals surface area contributed by atoms with E-state index in [0.29, 0.717) is 17.4 Å². The number of carbonyl (C=O) groups excluding carboxylic acids is 3. The van der Waals surface area contributed by atoms with Crippen molar-refractivity contribution in [3.05, 3.63) is 51.6 Å². The van der Waals surface area contributed by atoms with Crippen molar-refractivity contribution in [3.63, 3.8) is 0 Å². The highest BCUT2D eigenvalue weighted by atomic mass is 16.6. The maximum atomic E-state index is 12.8. The predicted molar refractivity (Wildman–Crippen MR) is 105 cm³/mol. The molecule has 150 valence electrons. The Bertz CT molecular complexity index is 1090. The van der Waals surface area contributed by atoms with E-state index < -0.39 is 5.97 Å². The number of phenolic OH excluding ortho intramolecular Hbond substituents is 1. The Kier molecular flexibility index (Phi) is 5.16. The summed E-state index contributed by atoms with van der Waals surface area (Å²) in [5.41, 5.74) is 1.64. The van der Waals surface area contributed by atoms with E-state index in [1.54, 1.807) is 27.7 Å². The highest BCUT2D eigenvalue weighted by Gasteiger charge is 2.32. The molecule has 0 atom stereocenters. The number of benzene rings is 2. The van der Waals surface area contributed by atoms with Crippen molar-refractivity contribution >= 4 is 18.0 Å². The molecule has 0 saturated carbocycles. The van der Waals surface area contributed by atoms with Crippen molar-refractivity contribution in [2.75, 3.05) is 7.11 Å². The summed E-state index contributed by atoms with van der Waals surface area (Å²) in [5, 5.41) is 10.1. The highest BCUT2D eigenvalue weighted by Crippen LogP contribution is 2.47. The molecule has 2 aromatic carbocycles. The molecule has 0 radical (unpaired) electrons. The van der Waals surface area contributed by atoms with E-state index in [1.807, 2.05) is 0 Å². The second kappa shape index (κ2) is 7.43. The summed E-state index contributed by atoms with van der Waals surface area (Å²) in [6.45, 7) is 6.79. The quantitative estimate of drug-likeness (QED) is 0.270. The number of aryl methyl sites for hydroxylation is 1. The summed E-state index contributed by atoms with van der Waals surface area (Å²) in [6.07, 6.45) is 1.86. The number of allylic oxidation sites excluding steroid dienone is 2. The van der Waals surface area contributed by atoms with Crippen molar-refractivity contribution in [1.29, 1.82) is 0 Å². The number of hydrogen-bond donors (Lipinski definition) is 1. The lowest BCUT2D eigenvalue weighted by Crippen LogP contribution is -2.12. The maximum Gasteiger partial charge on any atom is 0.347 e. The summed E-state index contributed by atoms with van der Waals surface area (Å²) in [7, 11) is 1.41. The zero-order valence-corrected chi connectivity index (χ0v) is 16.7. The summed E-state index contributed by atoms with van der Waals surface area (Å²) < 4.78 is 16.8. The summed E-state index contributed by atoms with van der Waals surface area (Å²) in [6, 6.07) is 2.71. The molecule has 0 aliphatic carbocycles. The zero-order chi connectivity index (χ0) is 21.5. The van der Waals surface area contributed by atoms with Gasteiger partial charge in [-0.15, -0.1) is 0 Å². The molecule has 0 spiro atoms. The lowest BCUT2D eigenvalue weighted by atomic mass is 10.00. The van der Waals surface area contributed by atoms with Gasteiger partial charge in [0, 0.05) is 11.6 Å². The summed E-state index contributed by atoms with van der Waals surface area (Å²) in [5.74, 6) is -1.11. The Morgan fingerprint density at radius 2 is 1.83 bits per heavy atom. The molecule has 7 heteroatoms. The Morgan fingerprint density at radius 3 is 2.41 bits per heavy atom. The number of ether oxygens (including phenoxy) is 3. The molecule has 3 rings (SSSR count). The molecule has 0 bridgehead atoms. The van der Waals surface area contributed by atoms with E-state index in [0.717, 1.165) is 5.57 Å². The third-order valence-corrected chi connectivity index (χ3v) is 4.56. The average Bonchev–Trinajstić information content (AvgIpc) is 2.77. The van der Waals surface area contributed by atoms with Gasteiger partial charge in [-0.05, 0) is 45.4 Å². The van der Waals surface area contributed by atoms with Crippen LogP contribution in [0, 0.1) is 13.8 Å². The van der Waals surface area contributed by atoms with Gasteiger partial charge in [0.2, 0.25) is 0 Å². The zero-order valence-electron chi connectivity index (χ0n) is 16.7. The first kappa shape index (κ1) is 20.1. The fraction of sp³-hybridized carbons (Fsp3) is 0.227. The molecule has 7 nitrogen and oxygen atoms in total. The number of ketones is 1. The Morgan fingerprint density at radius 1 is 1.14 bits per heavy atom. The van der Waals surface area contributed by atoms with Gasteiger partial charge in [0.15, 0.2) is 29.3 Å². The smallest absolute Gasteiger partial charge is 0.347 e. The van der Waals surface area contributed by atoms with Crippen molar-refractivity contribution in [1.82, 2.24) is 0 Å². The second-order valence-corrected chi connectivity index (χ2v) is 6.93. The van der Waals surface area contributed by atoms with Crippen LogP contribution in [0.3, 0.4) is 0 Å². The van der Waals surface area contributed by atoms with Crippen LogP contribution in [-0.2, 0) is 0 Å². The molecule has 1 N–H and O–H groups in total. The SMILES string of the molecule is COc1cc2c(c(C)c1C(=O)C=C(C)C)OC(=O)c1c(C)cc(O)c(C=O)c1O2. The molecule has 2 aromatic rings. The van der Waals surface area contributed by atoms with Gasteiger partial charge in [-0.2, -0.15) is 0 Å². The number of fused-ring (bicyclic) bond motifs is 2. The van der Waals surface area contributed by atoms with Crippen LogP contribution in [0.2, 0.25) is 0 Å². The molecule has 0 saturated heterocycles. The normalized spacial score (nSPS) is 12.0. The molecule has 1 aliphatic heterocycles. The average molecular weight is 396 g/mol. The number of rotatable bonds is 4. The largest absolute Gasteiger partial charge is 0.507 e. The lowest BCUT2D eigenvalue weighted by molar-refractivity contribution is 0.0734. The third-order valence-electron chi connectivity index (χ3n) is 4.56. The van der Waals surface area contributed by atoms with Crippen LogP contribution in [0.1, 0.15) is 56.0 Å². The van der Waals surface area contributed by atoms with Gasteiger partial charge in [-0.3, -0.25) is 9.59 Å². The number of hydrogen-bond acceptors (Lipinski definition) is 7. The van der Waals surface area contributed by atoms with Crippen LogP contribution in [0.15, 0.2) is 23.8 Å². The molecule has 0 aromatic heterocycles. The fourth-order valence-corrected chi connectivity index (χ4v) is 3.26. The number of methoxy groups -OCH3 is 1. The van der Waals surface area contributed by atoms with Gasteiger partial charge in [0.05, 0.1) is 18.2 Å².